The van der Waals surface area contributed by atoms with Crippen molar-refractivity contribution in [1.29, 1.82) is 0 Å². The first-order valence-corrected chi connectivity index (χ1v) is 7.55. The van der Waals surface area contributed by atoms with E-state index in [1.54, 1.807) is 0 Å². The molecule has 1 aliphatic carbocycles. The third-order valence-corrected chi connectivity index (χ3v) is 5.12. The first-order valence-electron chi connectivity index (χ1n) is 7.55. The summed E-state index contributed by atoms with van der Waals surface area (Å²) in [4.78, 5) is 2.49. The molecule has 1 saturated heterocycles. The predicted molar refractivity (Wildman–Crippen MR) is 73.6 cm³/mol. The van der Waals surface area contributed by atoms with Crippen molar-refractivity contribution < 1.29 is 9.84 Å². The third-order valence-electron chi connectivity index (χ3n) is 5.12. The lowest BCUT2D eigenvalue weighted by atomic mass is 9.80. The average Bonchev–Trinajstić information content (AvgIpc) is 2.39. The van der Waals surface area contributed by atoms with Gasteiger partial charge in [0.05, 0.1) is 11.7 Å². The number of piperidine rings is 1. The summed E-state index contributed by atoms with van der Waals surface area (Å²) < 4.78 is 5.66. The van der Waals surface area contributed by atoms with Crippen LogP contribution in [0.2, 0.25) is 0 Å². The maximum Gasteiger partial charge on any atom is 0.0777 e. The molecule has 4 atom stereocenters. The molecule has 1 heterocycles. The number of nitrogens with zero attached hydrogens (tertiary/aromatic N) is 1. The zero-order chi connectivity index (χ0) is 13.2. The molecule has 2 fully saturated rings. The predicted octanol–water partition coefficient (Wildman–Crippen LogP) is 2.43. The monoisotopic (exact) mass is 255 g/mol. The van der Waals surface area contributed by atoms with E-state index < -0.39 is 0 Å². The number of aliphatic hydroxyl groups is 1. The van der Waals surface area contributed by atoms with E-state index in [0.717, 1.165) is 38.3 Å². The molecule has 106 valence electrons. The Morgan fingerprint density at radius 2 is 2.17 bits per heavy atom. The molecule has 2 aliphatic rings. The van der Waals surface area contributed by atoms with Crippen molar-refractivity contribution in [1.82, 2.24) is 4.90 Å². The summed E-state index contributed by atoms with van der Waals surface area (Å²) in [5.41, 5.74) is -0.0167. The molecule has 0 spiro atoms. The summed E-state index contributed by atoms with van der Waals surface area (Å²) in [5, 5.41) is 10.3. The van der Waals surface area contributed by atoms with E-state index in [2.05, 4.69) is 18.7 Å². The smallest absolute Gasteiger partial charge is 0.0777 e. The maximum absolute atomic E-state index is 10.3. The van der Waals surface area contributed by atoms with Gasteiger partial charge in [0.25, 0.3) is 0 Å². The molecular weight excluding hydrogens is 226 g/mol. The van der Waals surface area contributed by atoms with Gasteiger partial charge >= 0.3 is 0 Å². The van der Waals surface area contributed by atoms with Crippen LogP contribution in [0.4, 0.5) is 0 Å². The van der Waals surface area contributed by atoms with E-state index in [9.17, 15) is 5.11 Å². The van der Waals surface area contributed by atoms with Crippen LogP contribution >= 0.6 is 0 Å². The van der Waals surface area contributed by atoms with Crippen LogP contribution in [-0.2, 0) is 4.74 Å². The second-order valence-corrected chi connectivity index (χ2v) is 6.45. The Labute approximate surface area is 112 Å². The highest BCUT2D eigenvalue weighted by molar-refractivity contribution is 4.93. The Morgan fingerprint density at radius 3 is 2.83 bits per heavy atom. The quantitative estimate of drug-likeness (QED) is 0.840. The van der Waals surface area contributed by atoms with E-state index in [-0.39, 0.29) is 11.7 Å². The molecule has 4 unspecified atom stereocenters. The Bertz CT molecular complexity index is 271. The first kappa shape index (κ1) is 14.3. The minimum Gasteiger partial charge on any atom is -0.391 e. The topological polar surface area (TPSA) is 32.7 Å². The number of aliphatic hydroxyl groups excluding tert-OH is 1. The van der Waals surface area contributed by atoms with Gasteiger partial charge in [-0.25, -0.2) is 0 Å². The fraction of sp³-hybridized carbons (Fsp3) is 1.00. The van der Waals surface area contributed by atoms with Crippen molar-refractivity contribution >= 4 is 0 Å². The van der Waals surface area contributed by atoms with Crippen LogP contribution in [0.15, 0.2) is 0 Å². The number of likely N-dealkylation sites (tertiary alicyclic amines) is 1. The molecule has 3 heteroatoms. The Hall–Kier alpha value is -0.120. The number of rotatable bonds is 3. The molecule has 0 radical (unpaired) electrons. The maximum atomic E-state index is 10.3. The van der Waals surface area contributed by atoms with Crippen LogP contribution in [0, 0.1) is 5.92 Å². The largest absolute Gasteiger partial charge is 0.391 e. The first-order chi connectivity index (χ1) is 8.58. The summed E-state index contributed by atoms with van der Waals surface area (Å²) in [6.45, 7) is 6.57. The molecule has 0 aromatic heterocycles. The van der Waals surface area contributed by atoms with E-state index >= 15 is 0 Å². The SMILES string of the molecule is CCC1CCC(O)C(N2CCCC(C)(OC)C2)C1. The summed E-state index contributed by atoms with van der Waals surface area (Å²) in [6, 6.07) is 0.360. The molecule has 1 N–H and O–H groups in total. The average molecular weight is 255 g/mol. The zero-order valence-electron chi connectivity index (χ0n) is 12.2. The molecule has 0 amide bonds. The highest BCUT2D eigenvalue weighted by Gasteiger charge is 2.38. The van der Waals surface area contributed by atoms with Crippen molar-refractivity contribution in [3.8, 4) is 0 Å². The normalized spacial score (nSPS) is 43.0. The molecule has 3 nitrogen and oxygen atoms in total. The van der Waals surface area contributed by atoms with Gasteiger partial charge in [0, 0.05) is 19.7 Å². The van der Waals surface area contributed by atoms with Gasteiger partial charge in [0.2, 0.25) is 0 Å². The second-order valence-electron chi connectivity index (χ2n) is 6.45. The summed E-state index contributed by atoms with van der Waals surface area (Å²) in [6.07, 6.45) is 6.78. The molecule has 2 rings (SSSR count). The Kier molecular flexibility index (Phi) is 4.68. The van der Waals surface area contributed by atoms with Crippen molar-refractivity contribution in [3.63, 3.8) is 0 Å². The van der Waals surface area contributed by atoms with Gasteiger partial charge < -0.3 is 9.84 Å². The van der Waals surface area contributed by atoms with Gasteiger partial charge in [-0.2, -0.15) is 0 Å². The molecule has 0 bridgehead atoms. The standard InChI is InChI=1S/C15H29NO2/c1-4-12-6-7-14(17)13(10-12)16-9-5-8-15(2,11-16)18-3/h12-14,17H,4-11H2,1-3H3. The molecule has 0 aromatic carbocycles. The molecule has 1 aliphatic heterocycles. The van der Waals surface area contributed by atoms with Crippen molar-refractivity contribution in [3.05, 3.63) is 0 Å². The lowest BCUT2D eigenvalue weighted by molar-refractivity contribution is -0.0874. The van der Waals surface area contributed by atoms with Crippen LogP contribution in [0.25, 0.3) is 0 Å². The van der Waals surface area contributed by atoms with Crippen LogP contribution in [0.5, 0.6) is 0 Å². The van der Waals surface area contributed by atoms with Crippen LogP contribution in [0.3, 0.4) is 0 Å². The molecular formula is C15H29NO2. The zero-order valence-corrected chi connectivity index (χ0v) is 12.2. The van der Waals surface area contributed by atoms with Crippen LogP contribution < -0.4 is 0 Å². The molecule has 0 aromatic rings. The fourth-order valence-corrected chi connectivity index (χ4v) is 3.67. The van der Waals surface area contributed by atoms with Crippen LogP contribution in [0.1, 0.15) is 52.4 Å². The van der Waals surface area contributed by atoms with Gasteiger partial charge in [-0.1, -0.05) is 13.3 Å². The number of hydrogen-bond donors (Lipinski definition) is 1. The van der Waals surface area contributed by atoms with Crippen LogP contribution in [-0.4, -0.2) is 48.0 Å². The molecule has 1 saturated carbocycles. The van der Waals surface area contributed by atoms with Gasteiger partial charge in [-0.15, -0.1) is 0 Å². The summed E-state index contributed by atoms with van der Waals surface area (Å²) >= 11 is 0. The van der Waals surface area contributed by atoms with Gasteiger partial charge in [-0.05, 0) is 51.5 Å². The molecule has 18 heavy (non-hydrogen) atoms. The van der Waals surface area contributed by atoms with E-state index in [4.69, 9.17) is 4.74 Å². The van der Waals surface area contributed by atoms with Gasteiger partial charge in [-0.3, -0.25) is 4.90 Å². The van der Waals surface area contributed by atoms with Crippen molar-refractivity contribution in [2.75, 3.05) is 20.2 Å². The van der Waals surface area contributed by atoms with Crippen molar-refractivity contribution in [2.45, 2.75) is 70.1 Å². The fourth-order valence-electron chi connectivity index (χ4n) is 3.67. The number of hydrogen-bond acceptors (Lipinski definition) is 3. The van der Waals surface area contributed by atoms with Gasteiger partial charge in [0.1, 0.15) is 0 Å². The lowest BCUT2D eigenvalue weighted by Gasteiger charge is -2.47. The van der Waals surface area contributed by atoms with E-state index in [0.29, 0.717) is 6.04 Å². The van der Waals surface area contributed by atoms with Crippen molar-refractivity contribution in [2.24, 2.45) is 5.92 Å². The highest BCUT2D eigenvalue weighted by atomic mass is 16.5. The summed E-state index contributed by atoms with van der Waals surface area (Å²) in [7, 11) is 1.82. The Morgan fingerprint density at radius 1 is 1.39 bits per heavy atom. The van der Waals surface area contributed by atoms with E-state index in [1.807, 2.05) is 7.11 Å². The second kappa shape index (κ2) is 5.89. The minimum absolute atomic E-state index is 0.0167. The number of methoxy groups -OCH3 is 1. The minimum atomic E-state index is -0.132. The Balaban J connectivity index is 2.00. The highest BCUT2D eigenvalue weighted by Crippen LogP contribution is 2.33. The van der Waals surface area contributed by atoms with E-state index in [1.165, 1.54) is 19.3 Å². The third kappa shape index (κ3) is 3.06. The summed E-state index contributed by atoms with van der Waals surface area (Å²) in [5.74, 6) is 0.800. The lowest BCUT2D eigenvalue weighted by Crippen LogP contribution is -2.56. The van der Waals surface area contributed by atoms with Gasteiger partial charge in [0.15, 0.2) is 0 Å². The number of ether oxygens (including phenoxy) is 1.